The fourth-order valence-corrected chi connectivity index (χ4v) is 4.40. The van der Waals surface area contributed by atoms with Crippen LogP contribution in [0.4, 0.5) is 20.9 Å². The fraction of sp³-hybridized carbons (Fsp3) is 0.273. The van der Waals surface area contributed by atoms with E-state index in [4.69, 9.17) is 0 Å². The smallest absolute Gasteiger partial charge is 0.246 e. The van der Waals surface area contributed by atoms with Gasteiger partial charge in [-0.25, -0.2) is 4.39 Å². The number of aromatic nitrogens is 2. The minimum absolute atomic E-state index is 0.0953. The normalized spacial score (nSPS) is 15.8. The minimum atomic E-state index is -0.277. The molecule has 1 N–H and O–H groups in total. The monoisotopic (exact) mass is 439 g/mol. The highest BCUT2D eigenvalue weighted by Gasteiger charge is 2.30. The van der Waals surface area contributed by atoms with Crippen LogP contribution in [-0.2, 0) is 16.0 Å². The Morgan fingerprint density at radius 3 is 2.74 bits per heavy atom. The largest absolute Gasteiger partial charge is 0.340 e. The molecule has 4 rings (SSSR count). The molecule has 160 valence electrons. The maximum absolute atomic E-state index is 13.2. The van der Waals surface area contributed by atoms with Gasteiger partial charge in [0.05, 0.1) is 17.9 Å². The Morgan fingerprint density at radius 1 is 1.23 bits per heavy atom. The Hall–Kier alpha value is -3.33. The molecule has 2 aromatic carbocycles. The number of fused-ring (bicyclic) bond motifs is 1. The molecule has 7 nitrogen and oxygen atoms in total. The van der Waals surface area contributed by atoms with Gasteiger partial charge in [-0.3, -0.25) is 9.59 Å². The lowest BCUT2D eigenvalue weighted by Gasteiger charge is -2.29. The summed E-state index contributed by atoms with van der Waals surface area (Å²) in [5.74, 6) is -0.520. The molecule has 1 aliphatic rings. The number of anilines is 3. The van der Waals surface area contributed by atoms with Crippen molar-refractivity contribution < 1.29 is 14.0 Å². The summed E-state index contributed by atoms with van der Waals surface area (Å²) in [5.41, 5.74) is 2.26. The Balaban J connectivity index is 1.48. The quantitative estimate of drug-likeness (QED) is 0.659. The topological polar surface area (TPSA) is 78.4 Å². The van der Waals surface area contributed by atoms with Gasteiger partial charge in [-0.1, -0.05) is 35.6 Å². The zero-order chi connectivity index (χ0) is 22.0. The van der Waals surface area contributed by atoms with Crippen LogP contribution in [0.1, 0.15) is 23.9 Å². The number of carbonyl (C=O) groups excluding carboxylic acids is 2. The summed E-state index contributed by atoms with van der Waals surface area (Å²) in [7, 11) is 1.79. The van der Waals surface area contributed by atoms with E-state index < -0.39 is 0 Å². The summed E-state index contributed by atoms with van der Waals surface area (Å²) >= 11 is 1.39. The van der Waals surface area contributed by atoms with Gasteiger partial charge in [0.15, 0.2) is 0 Å². The second-order valence-corrected chi connectivity index (χ2v) is 8.56. The van der Waals surface area contributed by atoms with Crippen LogP contribution in [0.25, 0.3) is 0 Å². The van der Waals surface area contributed by atoms with Crippen molar-refractivity contribution in [3.05, 3.63) is 64.9 Å². The van der Waals surface area contributed by atoms with Gasteiger partial charge < -0.3 is 15.1 Å². The van der Waals surface area contributed by atoms with Crippen LogP contribution in [0.15, 0.2) is 48.5 Å². The van der Waals surface area contributed by atoms with E-state index in [1.165, 1.54) is 23.5 Å². The van der Waals surface area contributed by atoms with E-state index in [0.717, 1.165) is 10.6 Å². The third-order valence-corrected chi connectivity index (χ3v) is 6.09. The van der Waals surface area contributed by atoms with Crippen LogP contribution in [0, 0.1) is 5.82 Å². The number of hydrogen-bond acceptors (Lipinski definition) is 6. The lowest BCUT2D eigenvalue weighted by Crippen LogP contribution is -2.44. The molecule has 31 heavy (non-hydrogen) atoms. The number of nitrogens with zero attached hydrogens (tertiary/aromatic N) is 4. The predicted octanol–water partition coefficient (Wildman–Crippen LogP) is 3.47. The summed E-state index contributed by atoms with van der Waals surface area (Å²) in [4.78, 5) is 28.8. The zero-order valence-electron chi connectivity index (χ0n) is 17.2. The van der Waals surface area contributed by atoms with Gasteiger partial charge in [0.2, 0.25) is 16.9 Å². The second-order valence-electron chi connectivity index (χ2n) is 7.52. The highest BCUT2D eigenvalue weighted by molar-refractivity contribution is 7.15. The molecule has 2 heterocycles. The molecule has 2 amide bonds. The van der Waals surface area contributed by atoms with E-state index in [1.54, 1.807) is 35.0 Å². The van der Waals surface area contributed by atoms with Gasteiger partial charge in [-0.2, -0.15) is 0 Å². The van der Waals surface area contributed by atoms with Crippen molar-refractivity contribution in [2.24, 2.45) is 0 Å². The molecule has 0 saturated heterocycles. The molecule has 1 atom stereocenters. The van der Waals surface area contributed by atoms with Crippen molar-refractivity contribution >= 4 is 39.7 Å². The summed E-state index contributed by atoms with van der Waals surface area (Å²) < 4.78 is 13.1. The maximum Gasteiger partial charge on any atom is 0.246 e. The number of amides is 2. The first kappa shape index (κ1) is 20.9. The highest BCUT2D eigenvalue weighted by atomic mass is 32.1. The Labute approximate surface area is 183 Å². The van der Waals surface area contributed by atoms with Crippen LogP contribution in [0.2, 0.25) is 0 Å². The van der Waals surface area contributed by atoms with Crippen molar-refractivity contribution in [3.63, 3.8) is 0 Å². The lowest BCUT2D eigenvalue weighted by molar-refractivity contribution is -0.118. The van der Waals surface area contributed by atoms with Crippen molar-refractivity contribution in [2.75, 3.05) is 28.7 Å². The van der Waals surface area contributed by atoms with Crippen LogP contribution in [-0.4, -0.2) is 41.6 Å². The first-order valence-corrected chi connectivity index (χ1v) is 10.7. The number of carbonyl (C=O) groups is 2. The summed E-state index contributed by atoms with van der Waals surface area (Å²) in [6.07, 6.45) is 0.773. The molecule has 0 bridgehead atoms. The van der Waals surface area contributed by atoms with E-state index in [2.05, 4.69) is 15.5 Å². The van der Waals surface area contributed by atoms with Crippen LogP contribution in [0.3, 0.4) is 0 Å². The summed E-state index contributed by atoms with van der Waals surface area (Å²) in [5, 5.41) is 12.7. The SMILES string of the molecule is CC1CC(=O)Nc2ccccc2N1C(=O)CN(C)c1nnc(Cc2ccc(F)cc2)s1. The molecule has 1 aromatic heterocycles. The standard InChI is InChI=1S/C22H22FN5O2S/c1-14-11-19(29)24-17-5-3-4-6-18(17)28(14)21(30)13-27(2)22-26-25-20(31-22)12-15-7-9-16(23)10-8-15/h3-10,14H,11-13H2,1-2H3,(H,24,29). The molecule has 3 aromatic rings. The molecule has 0 radical (unpaired) electrons. The van der Waals surface area contributed by atoms with E-state index >= 15 is 0 Å². The molecule has 9 heteroatoms. The average Bonchev–Trinajstić information content (AvgIpc) is 3.14. The summed E-state index contributed by atoms with van der Waals surface area (Å²) in [6, 6.07) is 13.3. The van der Waals surface area contributed by atoms with Gasteiger partial charge in [0, 0.05) is 25.9 Å². The molecule has 0 fully saturated rings. The predicted molar refractivity (Wildman–Crippen MR) is 119 cm³/mol. The third kappa shape index (κ3) is 4.72. The Morgan fingerprint density at radius 2 is 1.97 bits per heavy atom. The number of para-hydroxylation sites is 2. The van der Waals surface area contributed by atoms with E-state index in [9.17, 15) is 14.0 Å². The number of likely N-dealkylation sites (N-methyl/N-ethyl adjacent to an activating group) is 1. The van der Waals surface area contributed by atoms with Gasteiger partial charge >= 0.3 is 0 Å². The van der Waals surface area contributed by atoms with Crippen LogP contribution < -0.4 is 15.1 Å². The van der Waals surface area contributed by atoms with Gasteiger partial charge in [0.25, 0.3) is 0 Å². The maximum atomic E-state index is 13.2. The van der Waals surface area contributed by atoms with E-state index in [-0.39, 0.29) is 36.6 Å². The Kier molecular flexibility index (Phi) is 5.94. The summed E-state index contributed by atoms with van der Waals surface area (Å²) in [6.45, 7) is 1.96. The average molecular weight is 440 g/mol. The second kappa shape index (κ2) is 8.81. The van der Waals surface area contributed by atoms with Crippen LogP contribution in [0.5, 0.6) is 0 Å². The van der Waals surface area contributed by atoms with Crippen LogP contribution >= 0.6 is 11.3 Å². The number of rotatable bonds is 5. The molecular formula is C22H22FN5O2S. The molecule has 0 saturated carbocycles. The molecular weight excluding hydrogens is 417 g/mol. The molecule has 1 unspecified atom stereocenters. The molecule has 0 aliphatic carbocycles. The number of halogens is 1. The van der Waals surface area contributed by atoms with Gasteiger partial charge in [-0.15, -0.1) is 10.2 Å². The van der Waals surface area contributed by atoms with E-state index in [0.29, 0.717) is 22.9 Å². The van der Waals surface area contributed by atoms with Gasteiger partial charge in [-0.05, 0) is 36.8 Å². The first-order chi connectivity index (χ1) is 14.9. The number of nitrogens with one attached hydrogen (secondary N) is 1. The molecule has 0 spiro atoms. The van der Waals surface area contributed by atoms with Crippen molar-refractivity contribution in [1.29, 1.82) is 0 Å². The highest BCUT2D eigenvalue weighted by Crippen LogP contribution is 2.31. The fourth-order valence-electron chi connectivity index (χ4n) is 3.56. The van der Waals surface area contributed by atoms with E-state index in [1.807, 2.05) is 25.1 Å². The van der Waals surface area contributed by atoms with Crippen molar-refractivity contribution in [3.8, 4) is 0 Å². The first-order valence-electron chi connectivity index (χ1n) is 9.89. The zero-order valence-corrected chi connectivity index (χ0v) is 18.0. The lowest BCUT2D eigenvalue weighted by atomic mass is 10.1. The van der Waals surface area contributed by atoms with Crippen molar-refractivity contribution in [1.82, 2.24) is 10.2 Å². The molecule has 1 aliphatic heterocycles. The Bertz CT molecular complexity index is 1100. The number of hydrogen-bond donors (Lipinski definition) is 1. The minimum Gasteiger partial charge on any atom is -0.340 e. The van der Waals surface area contributed by atoms with Gasteiger partial charge in [0.1, 0.15) is 10.8 Å². The third-order valence-electron chi connectivity index (χ3n) is 5.05. The van der Waals surface area contributed by atoms with Crippen molar-refractivity contribution in [2.45, 2.75) is 25.8 Å². The number of benzene rings is 2.